The predicted molar refractivity (Wildman–Crippen MR) is 53.4 cm³/mol. The fourth-order valence-corrected chi connectivity index (χ4v) is 1.75. The molecule has 4 nitrogen and oxygen atoms in total. The Labute approximate surface area is 103 Å². The van der Waals surface area contributed by atoms with Gasteiger partial charge in [-0.05, 0) is 0 Å². The molecule has 0 aromatic carbocycles. The van der Waals surface area contributed by atoms with Gasteiger partial charge in [-0.15, -0.1) is 10.2 Å². The van der Waals surface area contributed by atoms with Crippen molar-refractivity contribution in [3.63, 3.8) is 0 Å². The zero-order chi connectivity index (χ0) is 13.8. The van der Waals surface area contributed by atoms with Gasteiger partial charge in [-0.2, -0.15) is 22.0 Å². The number of alkyl halides is 5. The van der Waals surface area contributed by atoms with Crippen LogP contribution in [0.5, 0.6) is 0 Å². The molecule has 0 aliphatic heterocycles. The Morgan fingerprint density at radius 2 is 1.89 bits per heavy atom. The summed E-state index contributed by atoms with van der Waals surface area (Å²) in [4.78, 5) is 0. The fraction of sp³-hybridized carbons (Fsp3) is 0.750. The summed E-state index contributed by atoms with van der Waals surface area (Å²) in [6.07, 6.45) is -5.66. The molecular formula is C8H10F5N3OS. The highest BCUT2D eigenvalue weighted by Crippen LogP contribution is 2.44. The summed E-state index contributed by atoms with van der Waals surface area (Å²) in [6, 6.07) is 0. The van der Waals surface area contributed by atoms with E-state index in [2.05, 4.69) is 15.5 Å². The molecule has 0 aliphatic carbocycles. The molecule has 1 rings (SSSR count). The average molecular weight is 291 g/mol. The maximum Gasteiger partial charge on any atom is 0.460 e. The van der Waals surface area contributed by atoms with Crippen molar-refractivity contribution in [3.8, 4) is 0 Å². The van der Waals surface area contributed by atoms with E-state index in [9.17, 15) is 22.0 Å². The quantitative estimate of drug-likeness (QED) is 0.642. The van der Waals surface area contributed by atoms with Crippen LogP contribution in [0.3, 0.4) is 0 Å². The Hall–Kier alpha value is -0.870. The number of aromatic nitrogens is 2. The van der Waals surface area contributed by atoms with Gasteiger partial charge in [0.1, 0.15) is 5.01 Å². The Morgan fingerprint density at radius 3 is 2.44 bits per heavy atom. The predicted octanol–water partition coefficient (Wildman–Crippen LogP) is 1.93. The summed E-state index contributed by atoms with van der Waals surface area (Å²) in [6.45, 7) is 0.889. The molecule has 1 heterocycles. The van der Waals surface area contributed by atoms with Crippen molar-refractivity contribution < 1.29 is 26.7 Å². The molecule has 0 radical (unpaired) electrons. The van der Waals surface area contributed by atoms with Crippen LogP contribution in [0.4, 0.5) is 22.0 Å². The maximum atomic E-state index is 12.9. The van der Waals surface area contributed by atoms with Crippen molar-refractivity contribution in [2.75, 3.05) is 20.3 Å². The second-order valence-corrected chi connectivity index (χ2v) is 4.30. The minimum Gasteiger partial charge on any atom is -0.383 e. The Balaban J connectivity index is 2.63. The van der Waals surface area contributed by atoms with E-state index in [1.54, 1.807) is 0 Å². The summed E-state index contributed by atoms with van der Waals surface area (Å²) in [5.74, 6) is -4.96. The first-order valence-corrected chi connectivity index (χ1v) is 5.57. The second kappa shape index (κ2) is 5.85. The summed E-state index contributed by atoms with van der Waals surface area (Å²) < 4.78 is 66.6. The van der Waals surface area contributed by atoms with Gasteiger partial charge in [-0.1, -0.05) is 11.3 Å². The van der Waals surface area contributed by atoms with Crippen molar-refractivity contribution >= 4 is 11.3 Å². The van der Waals surface area contributed by atoms with Crippen LogP contribution in [0.15, 0.2) is 0 Å². The Kier molecular flexibility index (Phi) is 4.93. The highest BCUT2D eigenvalue weighted by molar-refractivity contribution is 7.11. The molecule has 0 amide bonds. The molecule has 1 N–H and O–H groups in total. The molecular weight excluding hydrogens is 281 g/mol. The lowest BCUT2D eigenvalue weighted by Crippen LogP contribution is -2.33. The van der Waals surface area contributed by atoms with Gasteiger partial charge in [0.15, 0.2) is 5.01 Å². The molecule has 10 heteroatoms. The third kappa shape index (κ3) is 3.56. The van der Waals surface area contributed by atoms with Crippen LogP contribution >= 0.6 is 11.3 Å². The Bertz CT molecular complexity index is 381. The highest BCUT2D eigenvalue weighted by atomic mass is 32.1. The third-order valence-corrected chi connectivity index (χ3v) is 2.84. The van der Waals surface area contributed by atoms with Crippen LogP contribution in [0.1, 0.15) is 10.0 Å². The van der Waals surface area contributed by atoms with E-state index in [1.807, 2.05) is 0 Å². The van der Waals surface area contributed by atoms with E-state index in [4.69, 9.17) is 4.74 Å². The SMILES string of the molecule is COCCNCc1nnc(C(F)(F)C(F)(F)F)s1. The van der Waals surface area contributed by atoms with E-state index >= 15 is 0 Å². The maximum absolute atomic E-state index is 12.9. The second-order valence-electron chi connectivity index (χ2n) is 3.24. The lowest BCUT2D eigenvalue weighted by molar-refractivity contribution is -0.289. The number of methoxy groups -OCH3 is 1. The minimum absolute atomic E-state index is 0.0602. The number of hydrogen-bond acceptors (Lipinski definition) is 5. The van der Waals surface area contributed by atoms with Crippen LogP contribution in [0, 0.1) is 0 Å². The smallest absolute Gasteiger partial charge is 0.383 e. The number of nitrogens with one attached hydrogen (secondary N) is 1. The van der Waals surface area contributed by atoms with Crippen molar-refractivity contribution in [2.45, 2.75) is 18.6 Å². The van der Waals surface area contributed by atoms with E-state index in [0.717, 1.165) is 0 Å². The lowest BCUT2D eigenvalue weighted by atomic mass is 10.3. The molecule has 1 aromatic heterocycles. The molecule has 0 bridgehead atoms. The summed E-state index contributed by atoms with van der Waals surface area (Å²) >= 11 is 0.229. The number of halogens is 5. The third-order valence-electron chi connectivity index (χ3n) is 1.85. The molecule has 0 spiro atoms. The van der Waals surface area contributed by atoms with E-state index in [1.165, 1.54) is 7.11 Å². The van der Waals surface area contributed by atoms with Gasteiger partial charge in [-0.25, -0.2) is 0 Å². The molecule has 1 aromatic rings. The van der Waals surface area contributed by atoms with Gasteiger partial charge >= 0.3 is 12.1 Å². The fourth-order valence-electron chi connectivity index (χ4n) is 0.943. The number of ether oxygens (including phenoxy) is 1. The first-order chi connectivity index (χ1) is 8.29. The van der Waals surface area contributed by atoms with Crippen LogP contribution < -0.4 is 5.32 Å². The monoisotopic (exact) mass is 291 g/mol. The topological polar surface area (TPSA) is 47.0 Å². The molecule has 18 heavy (non-hydrogen) atoms. The standard InChI is InChI=1S/C8H10F5N3OS/c1-17-3-2-14-4-5-15-16-6(18-5)7(9,10)8(11,12)13/h14H,2-4H2,1H3. The van der Waals surface area contributed by atoms with Gasteiger partial charge < -0.3 is 10.1 Å². The summed E-state index contributed by atoms with van der Waals surface area (Å²) in [7, 11) is 1.48. The molecule has 0 aliphatic rings. The first-order valence-electron chi connectivity index (χ1n) is 4.76. The van der Waals surface area contributed by atoms with Gasteiger partial charge in [0.05, 0.1) is 6.61 Å². The molecule has 0 saturated carbocycles. The van der Waals surface area contributed by atoms with Crippen molar-refractivity contribution in [2.24, 2.45) is 0 Å². The van der Waals surface area contributed by atoms with Gasteiger partial charge in [-0.3, -0.25) is 0 Å². The molecule has 0 unspecified atom stereocenters. The molecule has 104 valence electrons. The van der Waals surface area contributed by atoms with Gasteiger partial charge in [0.25, 0.3) is 0 Å². The molecule has 0 atom stereocenters. The lowest BCUT2D eigenvalue weighted by Gasteiger charge is -2.15. The summed E-state index contributed by atoms with van der Waals surface area (Å²) in [5, 5.41) is 7.63. The van der Waals surface area contributed by atoms with Crippen LogP contribution in [0.2, 0.25) is 0 Å². The zero-order valence-electron chi connectivity index (χ0n) is 9.22. The number of nitrogens with zero attached hydrogens (tertiary/aromatic N) is 2. The van der Waals surface area contributed by atoms with Crippen molar-refractivity contribution in [1.82, 2.24) is 15.5 Å². The van der Waals surface area contributed by atoms with Crippen molar-refractivity contribution in [3.05, 3.63) is 10.0 Å². The van der Waals surface area contributed by atoms with Crippen LogP contribution in [-0.2, 0) is 17.2 Å². The largest absolute Gasteiger partial charge is 0.460 e. The molecule has 0 saturated heterocycles. The van der Waals surface area contributed by atoms with Crippen molar-refractivity contribution in [1.29, 1.82) is 0 Å². The zero-order valence-corrected chi connectivity index (χ0v) is 10.0. The van der Waals surface area contributed by atoms with Crippen LogP contribution in [0.25, 0.3) is 0 Å². The normalized spacial score (nSPS) is 13.0. The molecule has 0 fully saturated rings. The average Bonchev–Trinajstić information content (AvgIpc) is 2.72. The highest BCUT2D eigenvalue weighted by Gasteiger charge is 2.61. The Morgan fingerprint density at radius 1 is 1.22 bits per heavy atom. The number of hydrogen-bond donors (Lipinski definition) is 1. The minimum atomic E-state index is -5.66. The summed E-state index contributed by atoms with van der Waals surface area (Å²) in [5.41, 5.74) is 0. The number of rotatable bonds is 6. The van der Waals surface area contributed by atoms with Gasteiger partial charge in [0.2, 0.25) is 0 Å². The van der Waals surface area contributed by atoms with Gasteiger partial charge in [0, 0.05) is 20.2 Å². The van der Waals surface area contributed by atoms with E-state index in [-0.39, 0.29) is 22.9 Å². The van der Waals surface area contributed by atoms with Crippen LogP contribution in [-0.4, -0.2) is 36.6 Å². The van der Waals surface area contributed by atoms with E-state index < -0.39 is 17.1 Å². The van der Waals surface area contributed by atoms with E-state index in [0.29, 0.717) is 13.2 Å². The first kappa shape index (κ1) is 15.2.